The number of hydrogen-bond donors (Lipinski definition) is 0. The Morgan fingerprint density at radius 2 is 0.943 bits per heavy atom. The summed E-state index contributed by atoms with van der Waals surface area (Å²) in [4.78, 5) is 0. The molecule has 166 valence electrons. The van der Waals surface area contributed by atoms with Crippen LogP contribution in [0.5, 0.6) is 0 Å². The van der Waals surface area contributed by atoms with E-state index in [9.17, 15) is 0 Å². The molecule has 0 aliphatic heterocycles. The van der Waals surface area contributed by atoms with Crippen molar-refractivity contribution in [2.45, 2.75) is 6.92 Å². The van der Waals surface area contributed by atoms with Crippen LogP contribution in [0, 0.1) is 6.92 Å². The zero-order chi connectivity index (χ0) is 23.8. The third kappa shape index (κ3) is 3.64. The third-order valence-corrected chi connectivity index (χ3v) is 6.98. The van der Waals surface area contributed by atoms with Crippen LogP contribution in [0.1, 0.15) is 11.1 Å². The van der Waals surface area contributed by atoms with Gasteiger partial charge in [0.15, 0.2) is 0 Å². The first-order valence-electron chi connectivity index (χ1n) is 12.1. The molecule has 6 aromatic carbocycles. The summed E-state index contributed by atoms with van der Waals surface area (Å²) >= 11 is 0. The van der Waals surface area contributed by atoms with Crippen molar-refractivity contribution in [1.82, 2.24) is 0 Å². The molecule has 0 amide bonds. The molecule has 0 fully saturated rings. The summed E-state index contributed by atoms with van der Waals surface area (Å²) in [6.07, 6.45) is 1.95. The zero-order valence-electron chi connectivity index (χ0n) is 19.8. The first-order valence-corrected chi connectivity index (χ1v) is 12.1. The van der Waals surface area contributed by atoms with Gasteiger partial charge in [-0.15, -0.1) is 0 Å². The Hall–Kier alpha value is -4.42. The minimum atomic E-state index is 1.18. The third-order valence-electron chi connectivity index (χ3n) is 6.98. The molecule has 0 atom stereocenters. The molecule has 6 aromatic rings. The van der Waals surface area contributed by atoms with E-state index < -0.39 is 0 Å². The molecule has 0 aromatic heterocycles. The Morgan fingerprint density at radius 3 is 1.51 bits per heavy atom. The Kier molecular flexibility index (Phi) is 5.28. The molecule has 0 aliphatic rings. The van der Waals surface area contributed by atoms with Gasteiger partial charge >= 0.3 is 0 Å². The van der Waals surface area contributed by atoms with E-state index in [0.29, 0.717) is 0 Å². The van der Waals surface area contributed by atoms with Gasteiger partial charge < -0.3 is 0 Å². The normalized spacial score (nSPS) is 11.1. The first-order chi connectivity index (χ1) is 17.2. The molecule has 35 heavy (non-hydrogen) atoms. The number of aryl methyl sites for hydroxylation is 1. The molecule has 0 saturated heterocycles. The van der Waals surface area contributed by atoms with Gasteiger partial charge in [0.25, 0.3) is 0 Å². The van der Waals surface area contributed by atoms with Crippen LogP contribution in [-0.2, 0) is 0 Å². The van der Waals surface area contributed by atoms with Crippen LogP contribution in [0.2, 0.25) is 0 Å². The fourth-order valence-electron chi connectivity index (χ4n) is 5.25. The average molecular weight is 447 g/mol. The van der Waals surface area contributed by atoms with Crippen LogP contribution in [-0.4, -0.2) is 0 Å². The Morgan fingerprint density at radius 1 is 0.457 bits per heavy atom. The van der Waals surface area contributed by atoms with E-state index in [-0.39, 0.29) is 0 Å². The highest BCUT2D eigenvalue weighted by molar-refractivity contribution is 6.21. The van der Waals surface area contributed by atoms with Gasteiger partial charge in [-0.3, -0.25) is 0 Å². The van der Waals surface area contributed by atoms with Crippen molar-refractivity contribution >= 4 is 27.6 Å². The van der Waals surface area contributed by atoms with Crippen LogP contribution in [0.15, 0.2) is 128 Å². The lowest BCUT2D eigenvalue weighted by molar-refractivity contribution is 1.45. The van der Waals surface area contributed by atoms with Gasteiger partial charge in [-0.1, -0.05) is 122 Å². The lowest BCUT2D eigenvalue weighted by atomic mass is 9.85. The topological polar surface area (TPSA) is 0 Å². The Balaban J connectivity index is 1.70. The predicted molar refractivity (Wildman–Crippen MR) is 153 cm³/mol. The van der Waals surface area contributed by atoms with Crippen molar-refractivity contribution in [2.24, 2.45) is 0 Å². The van der Waals surface area contributed by atoms with Gasteiger partial charge in [-0.05, 0) is 85.1 Å². The van der Waals surface area contributed by atoms with E-state index >= 15 is 0 Å². The maximum Gasteiger partial charge on any atom is -0.00262 e. The zero-order valence-corrected chi connectivity index (χ0v) is 19.8. The molecule has 0 heteroatoms. The maximum absolute atomic E-state index is 4.04. The van der Waals surface area contributed by atoms with Crippen LogP contribution in [0.3, 0.4) is 0 Å². The van der Waals surface area contributed by atoms with Gasteiger partial charge in [0.05, 0.1) is 0 Å². The van der Waals surface area contributed by atoms with E-state index in [1.165, 1.54) is 66.1 Å². The van der Waals surface area contributed by atoms with Crippen LogP contribution < -0.4 is 0 Å². The van der Waals surface area contributed by atoms with Gasteiger partial charge in [-0.2, -0.15) is 0 Å². The van der Waals surface area contributed by atoms with Gasteiger partial charge in [-0.25, -0.2) is 0 Å². The quantitative estimate of drug-likeness (QED) is 0.236. The molecule has 6 rings (SSSR count). The lowest BCUT2D eigenvalue weighted by Gasteiger charge is -2.18. The van der Waals surface area contributed by atoms with E-state index in [1.54, 1.807) is 0 Å². The Labute approximate surface area is 206 Å². The fourth-order valence-corrected chi connectivity index (χ4v) is 5.25. The van der Waals surface area contributed by atoms with Crippen LogP contribution in [0.4, 0.5) is 0 Å². The molecule has 0 unspecified atom stereocenters. The largest absolute Gasteiger partial charge is 0.0985 e. The van der Waals surface area contributed by atoms with Crippen LogP contribution in [0.25, 0.3) is 61.0 Å². The highest BCUT2D eigenvalue weighted by Crippen LogP contribution is 2.44. The number of fused-ring (bicyclic) bond motifs is 2. The lowest BCUT2D eigenvalue weighted by Crippen LogP contribution is -1.92. The minimum absolute atomic E-state index is 1.18. The van der Waals surface area contributed by atoms with Crippen LogP contribution >= 0.6 is 0 Å². The molecule has 0 heterocycles. The number of benzene rings is 6. The Bertz CT molecular complexity index is 1650. The summed E-state index contributed by atoms with van der Waals surface area (Å²) in [5, 5.41) is 5.08. The van der Waals surface area contributed by atoms with Crippen molar-refractivity contribution in [3.05, 3.63) is 139 Å². The van der Waals surface area contributed by atoms with E-state index in [1.807, 2.05) is 6.08 Å². The molecule has 0 aliphatic carbocycles. The highest BCUT2D eigenvalue weighted by Gasteiger charge is 2.17. The minimum Gasteiger partial charge on any atom is -0.0985 e. The maximum atomic E-state index is 4.04. The molecule has 0 saturated carbocycles. The average Bonchev–Trinajstić information content (AvgIpc) is 2.92. The first kappa shape index (κ1) is 21.1. The monoisotopic (exact) mass is 446 g/mol. The highest BCUT2D eigenvalue weighted by atomic mass is 14.2. The van der Waals surface area contributed by atoms with Gasteiger partial charge in [0, 0.05) is 0 Å². The van der Waals surface area contributed by atoms with Crippen molar-refractivity contribution < 1.29 is 0 Å². The fraction of sp³-hybridized carbons (Fsp3) is 0.0286. The molecule has 0 radical (unpaired) electrons. The molecule has 0 spiro atoms. The summed E-state index contributed by atoms with van der Waals surface area (Å²) in [5.74, 6) is 0. The molecular weight excluding hydrogens is 420 g/mol. The molecule has 0 bridgehead atoms. The summed E-state index contributed by atoms with van der Waals surface area (Å²) in [6, 6.07) is 43.9. The van der Waals surface area contributed by atoms with E-state index in [2.05, 4.69) is 135 Å². The predicted octanol–water partition coefficient (Wildman–Crippen LogP) is 9.95. The molecule has 0 nitrogen and oxygen atoms in total. The summed E-state index contributed by atoms with van der Waals surface area (Å²) < 4.78 is 0. The molecular formula is C35H26. The van der Waals surface area contributed by atoms with E-state index in [0.717, 1.165) is 0 Å². The van der Waals surface area contributed by atoms with Crippen molar-refractivity contribution in [3.8, 4) is 33.4 Å². The van der Waals surface area contributed by atoms with E-state index in [4.69, 9.17) is 0 Å². The number of rotatable bonds is 4. The van der Waals surface area contributed by atoms with Crippen molar-refractivity contribution in [3.63, 3.8) is 0 Å². The SMILES string of the molecule is C=Cc1cc(-c2c3ccccc3c(-c3cccc(-c4ccccc4)c3)c3ccccc23)ccc1C. The second-order valence-corrected chi connectivity index (χ2v) is 9.06. The van der Waals surface area contributed by atoms with Crippen molar-refractivity contribution in [1.29, 1.82) is 0 Å². The molecule has 0 N–H and O–H groups in total. The standard InChI is InChI=1S/C35H26/c1-3-25-22-29(21-20-24(25)2)35-32-18-9-7-16-30(32)34(31-17-8-10-19-33(31)35)28-15-11-14-27(23-28)26-12-5-4-6-13-26/h3-23H,1H2,2H3. The second kappa shape index (κ2) is 8.74. The van der Waals surface area contributed by atoms with Gasteiger partial charge in [0.1, 0.15) is 0 Å². The number of hydrogen-bond acceptors (Lipinski definition) is 0. The summed E-state index contributed by atoms with van der Waals surface area (Å²) in [6.45, 7) is 6.18. The smallest absolute Gasteiger partial charge is 0.00262 e. The summed E-state index contributed by atoms with van der Waals surface area (Å²) in [7, 11) is 0. The second-order valence-electron chi connectivity index (χ2n) is 9.06. The summed E-state index contributed by atoms with van der Waals surface area (Å²) in [5.41, 5.74) is 9.91. The van der Waals surface area contributed by atoms with Gasteiger partial charge in [0.2, 0.25) is 0 Å². The van der Waals surface area contributed by atoms with Crippen molar-refractivity contribution in [2.75, 3.05) is 0 Å².